The Bertz CT molecular complexity index is 537. The van der Waals surface area contributed by atoms with Gasteiger partial charge >= 0.3 is 0 Å². The van der Waals surface area contributed by atoms with Gasteiger partial charge in [-0.3, -0.25) is 0 Å². The zero-order chi connectivity index (χ0) is 13.3. The molecule has 2 unspecified atom stereocenters. The fraction of sp³-hybridized carbons (Fsp3) is 0.571. The van der Waals surface area contributed by atoms with E-state index in [1.807, 2.05) is 6.92 Å². The molecule has 0 amide bonds. The minimum absolute atomic E-state index is 0.219. The van der Waals surface area contributed by atoms with Gasteiger partial charge in [0.15, 0.2) is 9.84 Å². The van der Waals surface area contributed by atoms with Gasteiger partial charge in [0.05, 0.1) is 10.1 Å². The Morgan fingerprint density at radius 1 is 1.28 bits per heavy atom. The Balaban J connectivity index is 2.35. The van der Waals surface area contributed by atoms with Gasteiger partial charge in [-0.1, -0.05) is 19.8 Å². The van der Waals surface area contributed by atoms with E-state index in [1.165, 1.54) is 0 Å². The average molecular weight is 267 g/mol. The standard InChI is InChI=1S/C14H21NO2S/c1-10-4-3-5-13(8-10)18(16,17)14-7-6-12(15)9-11(14)2/h6-7,9-10,13H,3-5,8,15H2,1-2H3. The maximum atomic E-state index is 12.6. The van der Waals surface area contributed by atoms with E-state index in [0.29, 0.717) is 16.5 Å². The van der Waals surface area contributed by atoms with E-state index in [9.17, 15) is 8.42 Å². The van der Waals surface area contributed by atoms with Crippen molar-refractivity contribution in [2.24, 2.45) is 5.92 Å². The maximum Gasteiger partial charge on any atom is 0.181 e. The summed E-state index contributed by atoms with van der Waals surface area (Å²) in [6.07, 6.45) is 3.73. The van der Waals surface area contributed by atoms with E-state index in [2.05, 4.69) is 6.92 Å². The fourth-order valence-corrected chi connectivity index (χ4v) is 5.02. The van der Waals surface area contributed by atoms with Crippen molar-refractivity contribution in [1.29, 1.82) is 0 Å². The van der Waals surface area contributed by atoms with E-state index >= 15 is 0 Å². The van der Waals surface area contributed by atoms with Crippen LogP contribution in [0.5, 0.6) is 0 Å². The van der Waals surface area contributed by atoms with Crippen LogP contribution in [0.4, 0.5) is 5.69 Å². The normalized spacial score (nSPS) is 25.0. The minimum Gasteiger partial charge on any atom is -0.399 e. The number of hydrogen-bond donors (Lipinski definition) is 1. The fourth-order valence-electron chi connectivity index (χ4n) is 2.83. The molecule has 2 N–H and O–H groups in total. The monoisotopic (exact) mass is 267 g/mol. The van der Waals surface area contributed by atoms with Crippen molar-refractivity contribution in [1.82, 2.24) is 0 Å². The first-order chi connectivity index (χ1) is 8.41. The highest BCUT2D eigenvalue weighted by molar-refractivity contribution is 7.92. The third-order valence-electron chi connectivity index (χ3n) is 3.83. The third kappa shape index (κ3) is 2.53. The molecule has 18 heavy (non-hydrogen) atoms. The van der Waals surface area contributed by atoms with Crippen molar-refractivity contribution in [3.63, 3.8) is 0 Å². The summed E-state index contributed by atoms with van der Waals surface area (Å²) in [5.74, 6) is 0.507. The lowest BCUT2D eigenvalue weighted by Gasteiger charge is -2.27. The predicted octanol–water partition coefficient (Wildman–Crippen LogP) is 2.93. The van der Waals surface area contributed by atoms with E-state index in [0.717, 1.165) is 31.2 Å². The highest BCUT2D eigenvalue weighted by Crippen LogP contribution is 2.33. The molecule has 2 rings (SSSR count). The summed E-state index contributed by atoms with van der Waals surface area (Å²) in [7, 11) is -3.20. The van der Waals surface area contributed by atoms with Crippen molar-refractivity contribution >= 4 is 15.5 Å². The lowest BCUT2D eigenvalue weighted by molar-refractivity contribution is 0.382. The molecule has 0 bridgehead atoms. The van der Waals surface area contributed by atoms with Crippen molar-refractivity contribution in [3.8, 4) is 0 Å². The van der Waals surface area contributed by atoms with Crippen LogP contribution in [0.1, 0.15) is 38.2 Å². The van der Waals surface area contributed by atoms with Gasteiger partial charge in [0.2, 0.25) is 0 Å². The molecule has 0 aromatic heterocycles. The number of rotatable bonds is 2. The summed E-state index contributed by atoms with van der Waals surface area (Å²) in [5.41, 5.74) is 7.05. The maximum absolute atomic E-state index is 12.6. The molecular formula is C14H21NO2S. The van der Waals surface area contributed by atoms with Gasteiger partial charge in [-0.05, 0) is 49.4 Å². The summed E-state index contributed by atoms with van der Waals surface area (Å²) >= 11 is 0. The number of hydrogen-bond acceptors (Lipinski definition) is 3. The molecule has 1 aromatic carbocycles. The zero-order valence-corrected chi connectivity index (χ0v) is 11.8. The number of benzene rings is 1. The predicted molar refractivity (Wildman–Crippen MR) is 74.2 cm³/mol. The lowest BCUT2D eigenvalue weighted by Crippen LogP contribution is -2.28. The van der Waals surface area contributed by atoms with Crippen LogP contribution in [0.15, 0.2) is 23.1 Å². The zero-order valence-electron chi connectivity index (χ0n) is 11.0. The van der Waals surface area contributed by atoms with Gasteiger partial charge in [-0.2, -0.15) is 0 Å². The number of nitrogens with two attached hydrogens (primary N) is 1. The van der Waals surface area contributed by atoms with Crippen molar-refractivity contribution in [3.05, 3.63) is 23.8 Å². The Morgan fingerprint density at radius 2 is 2.00 bits per heavy atom. The molecule has 3 nitrogen and oxygen atoms in total. The summed E-state index contributed by atoms with van der Waals surface area (Å²) in [6, 6.07) is 5.06. The van der Waals surface area contributed by atoms with Crippen LogP contribution in [0.25, 0.3) is 0 Å². The minimum atomic E-state index is -3.20. The summed E-state index contributed by atoms with van der Waals surface area (Å²) in [5, 5.41) is -0.219. The molecule has 1 aliphatic carbocycles. The summed E-state index contributed by atoms with van der Waals surface area (Å²) < 4.78 is 25.2. The molecule has 4 heteroatoms. The molecule has 0 spiro atoms. The van der Waals surface area contributed by atoms with Gasteiger partial charge in [-0.25, -0.2) is 8.42 Å². The quantitative estimate of drug-likeness (QED) is 0.838. The third-order valence-corrected chi connectivity index (χ3v) is 6.21. The van der Waals surface area contributed by atoms with Crippen LogP contribution in [0.3, 0.4) is 0 Å². The molecule has 0 aliphatic heterocycles. The molecular weight excluding hydrogens is 246 g/mol. The highest BCUT2D eigenvalue weighted by atomic mass is 32.2. The van der Waals surface area contributed by atoms with Crippen LogP contribution < -0.4 is 5.73 Å². The van der Waals surface area contributed by atoms with Crippen LogP contribution in [-0.4, -0.2) is 13.7 Å². The largest absolute Gasteiger partial charge is 0.399 e. The summed E-state index contributed by atoms with van der Waals surface area (Å²) in [6.45, 7) is 3.95. The van der Waals surface area contributed by atoms with Crippen LogP contribution in [0.2, 0.25) is 0 Å². The van der Waals surface area contributed by atoms with E-state index in [-0.39, 0.29) is 5.25 Å². The molecule has 0 heterocycles. The van der Waals surface area contributed by atoms with Crippen molar-refractivity contribution in [2.75, 3.05) is 5.73 Å². The molecule has 2 atom stereocenters. The second-order valence-electron chi connectivity index (χ2n) is 5.46. The Labute approximate surface area is 109 Å². The van der Waals surface area contributed by atoms with Crippen molar-refractivity contribution in [2.45, 2.75) is 49.7 Å². The van der Waals surface area contributed by atoms with E-state index in [4.69, 9.17) is 5.73 Å². The van der Waals surface area contributed by atoms with Crippen LogP contribution in [0, 0.1) is 12.8 Å². The molecule has 0 radical (unpaired) electrons. The average Bonchev–Trinajstić information content (AvgIpc) is 2.28. The number of sulfone groups is 1. The SMILES string of the molecule is Cc1cc(N)ccc1S(=O)(=O)C1CCCC(C)C1. The number of nitrogen functional groups attached to an aromatic ring is 1. The van der Waals surface area contributed by atoms with Crippen LogP contribution >= 0.6 is 0 Å². The molecule has 1 saturated carbocycles. The molecule has 1 aliphatic rings. The van der Waals surface area contributed by atoms with Gasteiger partial charge in [0.25, 0.3) is 0 Å². The Morgan fingerprint density at radius 3 is 2.61 bits per heavy atom. The van der Waals surface area contributed by atoms with Gasteiger partial charge in [0, 0.05) is 5.69 Å². The lowest BCUT2D eigenvalue weighted by atomic mass is 9.91. The first-order valence-electron chi connectivity index (χ1n) is 6.51. The smallest absolute Gasteiger partial charge is 0.181 e. The summed E-state index contributed by atoms with van der Waals surface area (Å²) in [4.78, 5) is 0.454. The second-order valence-corrected chi connectivity index (χ2v) is 7.66. The number of anilines is 1. The van der Waals surface area contributed by atoms with Crippen LogP contribution in [-0.2, 0) is 9.84 Å². The molecule has 1 fully saturated rings. The Kier molecular flexibility index (Phi) is 3.66. The van der Waals surface area contributed by atoms with E-state index < -0.39 is 9.84 Å². The van der Waals surface area contributed by atoms with Crippen molar-refractivity contribution < 1.29 is 8.42 Å². The Hall–Kier alpha value is -1.03. The van der Waals surface area contributed by atoms with E-state index in [1.54, 1.807) is 18.2 Å². The first-order valence-corrected chi connectivity index (χ1v) is 8.06. The first kappa shape index (κ1) is 13.4. The molecule has 1 aromatic rings. The topological polar surface area (TPSA) is 60.2 Å². The number of aryl methyl sites for hydroxylation is 1. The molecule has 0 saturated heterocycles. The second kappa shape index (κ2) is 4.92. The van der Waals surface area contributed by atoms with Gasteiger partial charge in [-0.15, -0.1) is 0 Å². The van der Waals surface area contributed by atoms with Gasteiger partial charge in [0.1, 0.15) is 0 Å². The molecule has 100 valence electrons. The van der Waals surface area contributed by atoms with Gasteiger partial charge < -0.3 is 5.73 Å². The highest BCUT2D eigenvalue weighted by Gasteiger charge is 2.32.